The highest BCUT2D eigenvalue weighted by molar-refractivity contribution is 5.49. The molecule has 78 valence electrons. The van der Waals surface area contributed by atoms with Crippen LogP contribution in [0.2, 0.25) is 0 Å². The molecule has 0 bridgehead atoms. The molecule has 0 amide bonds. The Bertz CT molecular complexity index is 278. The SMILES string of the molecule is CCCC(O)CNc1ccnc(N)c1. The molecule has 1 unspecified atom stereocenters. The van der Waals surface area contributed by atoms with Gasteiger partial charge in [0.15, 0.2) is 0 Å². The Morgan fingerprint density at radius 2 is 2.43 bits per heavy atom. The summed E-state index contributed by atoms with van der Waals surface area (Å²) in [6, 6.07) is 3.58. The van der Waals surface area contributed by atoms with Crippen molar-refractivity contribution in [1.29, 1.82) is 0 Å². The highest BCUT2D eigenvalue weighted by Crippen LogP contribution is 2.09. The summed E-state index contributed by atoms with van der Waals surface area (Å²) in [7, 11) is 0. The number of aromatic nitrogens is 1. The largest absolute Gasteiger partial charge is 0.391 e. The van der Waals surface area contributed by atoms with Crippen LogP contribution in [0.4, 0.5) is 11.5 Å². The van der Waals surface area contributed by atoms with E-state index in [1.807, 2.05) is 13.0 Å². The van der Waals surface area contributed by atoms with Crippen LogP contribution in [0.15, 0.2) is 18.3 Å². The normalized spacial score (nSPS) is 12.4. The molecule has 0 spiro atoms. The van der Waals surface area contributed by atoms with Crippen molar-refractivity contribution in [1.82, 2.24) is 4.98 Å². The van der Waals surface area contributed by atoms with Crippen molar-refractivity contribution in [2.75, 3.05) is 17.6 Å². The topological polar surface area (TPSA) is 71.2 Å². The second-order valence-electron chi connectivity index (χ2n) is 3.29. The molecule has 0 saturated carbocycles. The predicted molar refractivity (Wildman–Crippen MR) is 58.1 cm³/mol. The molecule has 0 aliphatic rings. The second kappa shape index (κ2) is 5.44. The average molecular weight is 195 g/mol. The standard InChI is InChI=1S/C10H17N3O/c1-2-3-9(14)7-13-8-4-5-12-10(11)6-8/h4-6,9,14H,2-3,7H2,1H3,(H3,11,12,13). The van der Waals surface area contributed by atoms with Gasteiger partial charge >= 0.3 is 0 Å². The lowest BCUT2D eigenvalue weighted by Crippen LogP contribution is -2.19. The summed E-state index contributed by atoms with van der Waals surface area (Å²) in [5.41, 5.74) is 6.41. The van der Waals surface area contributed by atoms with Gasteiger partial charge in [0, 0.05) is 24.5 Å². The van der Waals surface area contributed by atoms with Crippen LogP contribution in [0.1, 0.15) is 19.8 Å². The number of hydrogen-bond donors (Lipinski definition) is 3. The van der Waals surface area contributed by atoms with E-state index in [0.29, 0.717) is 12.4 Å². The van der Waals surface area contributed by atoms with Crippen molar-refractivity contribution in [3.8, 4) is 0 Å². The van der Waals surface area contributed by atoms with E-state index in [1.165, 1.54) is 0 Å². The van der Waals surface area contributed by atoms with Crippen LogP contribution in [0.5, 0.6) is 0 Å². The molecule has 0 aromatic carbocycles. The summed E-state index contributed by atoms with van der Waals surface area (Å²) in [5, 5.41) is 12.6. The van der Waals surface area contributed by atoms with Crippen LogP contribution in [0.25, 0.3) is 0 Å². The van der Waals surface area contributed by atoms with Crippen LogP contribution in [0, 0.1) is 0 Å². The van der Waals surface area contributed by atoms with Gasteiger partial charge in [0.05, 0.1) is 6.10 Å². The van der Waals surface area contributed by atoms with Crippen LogP contribution >= 0.6 is 0 Å². The fraction of sp³-hybridized carbons (Fsp3) is 0.500. The second-order valence-corrected chi connectivity index (χ2v) is 3.29. The van der Waals surface area contributed by atoms with Gasteiger partial charge in [-0.3, -0.25) is 0 Å². The first-order valence-corrected chi connectivity index (χ1v) is 4.86. The van der Waals surface area contributed by atoms with E-state index in [0.717, 1.165) is 18.5 Å². The molecule has 0 aliphatic carbocycles. The third-order valence-electron chi connectivity index (χ3n) is 1.94. The summed E-state index contributed by atoms with van der Waals surface area (Å²) in [6.45, 7) is 2.60. The Hall–Kier alpha value is -1.29. The maximum Gasteiger partial charge on any atom is 0.125 e. The van der Waals surface area contributed by atoms with E-state index in [4.69, 9.17) is 5.73 Å². The summed E-state index contributed by atoms with van der Waals surface area (Å²) in [4.78, 5) is 3.88. The number of hydrogen-bond acceptors (Lipinski definition) is 4. The number of nitrogens with zero attached hydrogens (tertiary/aromatic N) is 1. The summed E-state index contributed by atoms with van der Waals surface area (Å²) in [5.74, 6) is 0.486. The fourth-order valence-electron chi connectivity index (χ4n) is 1.23. The quantitative estimate of drug-likeness (QED) is 0.661. The highest BCUT2D eigenvalue weighted by atomic mass is 16.3. The van der Waals surface area contributed by atoms with Crippen molar-refractivity contribution < 1.29 is 5.11 Å². The minimum absolute atomic E-state index is 0.297. The lowest BCUT2D eigenvalue weighted by atomic mass is 10.2. The first kappa shape index (κ1) is 10.8. The van der Waals surface area contributed by atoms with Crippen LogP contribution in [0.3, 0.4) is 0 Å². The number of nitrogens with one attached hydrogen (secondary N) is 1. The first-order chi connectivity index (χ1) is 6.72. The summed E-state index contributed by atoms with van der Waals surface area (Å²) < 4.78 is 0. The molecule has 4 N–H and O–H groups in total. The molecule has 1 heterocycles. The van der Waals surface area contributed by atoms with Crippen molar-refractivity contribution in [2.45, 2.75) is 25.9 Å². The Morgan fingerprint density at radius 3 is 3.07 bits per heavy atom. The molecule has 1 aromatic heterocycles. The van der Waals surface area contributed by atoms with Crippen molar-refractivity contribution in [3.63, 3.8) is 0 Å². The maximum absolute atomic E-state index is 9.47. The van der Waals surface area contributed by atoms with E-state index < -0.39 is 0 Å². The van der Waals surface area contributed by atoms with E-state index in [2.05, 4.69) is 10.3 Å². The zero-order chi connectivity index (χ0) is 10.4. The molecule has 1 rings (SSSR count). The molecule has 1 aromatic rings. The Labute approximate surface area is 84.2 Å². The highest BCUT2D eigenvalue weighted by Gasteiger charge is 2.01. The van der Waals surface area contributed by atoms with Gasteiger partial charge in [-0.1, -0.05) is 13.3 Å². The van der Waals surface area contributed by atoms with E-state index in [9.17, 15) is 5.11 Å². The number of aliphatic hydroxyl groups excluding tert-OH is 1. The van der Waals surface area contributed by atoms with Gasteiger partial charge in [-0.25, -0.2) is 4.98 Å². The average Bonchev–Trinajstić information content (AvgIpc) is 2.15. The van der Waals surface area contributed by atoms with Gasteiger partial charge in [0.25, 0.3) is 0 Å². The van der Waals surface area contributed by atoms with Gasteiger partial charge in [-0.15, -0.1) is 0 Å². The lowest BCUT2D eigenvalue weighted by molar-refractivity contribution is 0.176. The third-order valence-corrected chi connectivity index (χ3v) is 1.94. The molecule has 0 fully saturated rings. The number of aliphatic hydroxyl groups is 1. The first-order valence-electron chi connectivity index (χ1n) is 4.86. The predicted octanol–water partition coefficient (Wildman–Crippen LogP) is 1.24. The number of nitrogen functional groups attached to an aromatic ring is 1. The minimum Gasteiger partial charge on any atom is -0.391 e. The molecule has 1 atom stereocenters. The van der Waals surface area contributed by atoms with Gasteiger partial charge < -0.3 is 16.2 Å². The van der Waals surface area contributed by atoms with Crippen molar-refractivity contribution in [3.05, 3.63) is 18.3 Å². The van der Waals surface area contributed by atoms with E-state index in [-0.39, 0.29) is 6.10 Å². The van der Waals surface area contributed by atoms with Crippen LogP contribution in [-0.4, -0.2) is 22.7 Å². The van der Waals surface area contributed by atoms with Gasteiger partial charge in [-0.2, -0.15) is 0 Å². The molecule has 4 heteroatoms. The molecule has 4 nitrogen and oxygen atoms in total. The van der Waals surface area contributed by atoms with Gasteiger partial charge in [-0.05, 0) is 12.5 Å². The zero-order valence-corrected chi connectivity index (χ0v) is 8.40. The Kier molecular flexibility index (Phi) is 4.19. The zero-order valence-electron chi connectivity index (χ0n) is 8.40. The fourth-order valence-corrected chi connectivity index (χ4v) is 1.23. The van der Waals surface area contributed by atoms with Crippen LogP contribution in [-0.2, 0) is 0 Å². The number of pyridine rings is 1. The summed E-state index contributed by atoms with van der Waals surface area (Å²) in [6.07, 6.45) is 3.15. The molecular formula is C10H17N3O. The van der Waals surface area contributed by atoms with Gasteiger partial charge in [0.2, 0.25) is 0 Å². The molecule has 14 heavy (non-hydrogen) atoms. The van der Waals surface area contributed by atoms with E-state index >= 15 is 0 Å². The number of anilines is 2. The van der Waals surface area contributed by atoms with Crippen LogP contribution < -0.4 is 11.1 Å². The number of rotatable bonds is 5. The minimum atomic E-state index is -0.297. The monoisotopic (exact) mass is 195 g/mol. The Balaban J connectivity index is 2.37. The number of nitrogens with two attached hydrogens (primary N) is 1. The van der Waals surface area contributed by atoms with Crippen molar-refractivity contribution >= 4 is 11.5 Å². The molecular weight excluding hydrogens is 178 g/mol. The van der Waals surface area contributed by atoms with Crippen molar-refractivity contribution in [2.24, 2.45) is 0 Å². The van der Waals surface area contributed by atoms with E-state index in [1.54, 1.807) is 12.3 Å². The maximum atomic E-state index is 9.47. The molecule has 0 aliphatic heterocycles. The molecule has 0 saturated heterocycles. The lowest BCUT2D eigenvalue weighted by Gasteiger charge is -2.11. The third kappa shape index (κ3) is 3.62. The molecule has 0 radical (unpaired) electrons. The van der Waals surface area contributed by atoms with Gasteiger partial charge in [0.1, 0.15) is 5.82 Å². The summed E-state index contributed by atoms with van der Waals surface area (Å²) >= 11 is 0. The Morgan fingerprint density at radius 1 is 1.64 bits per heavy atom. The smallest absolute Gasteiger partial charge is 0.125 e.